The fraction of sp³-hybridized carbons (Fsp3) is 0.522. The summed E-state index contributed by atoms with van der Waals surface area (Å²) in [6.07, 6.45) is 0.880. The van der Waals surface area contributed by atoms with Gasteiger partial charge in [0.2, 0.25) is 6.23 Å². The summed E-state index contributed by atoms with van der Waals surface area (Å²) >= 11 is 1.75. The Morgan fingerprint density at radius 3 is 2.70 bits per heavy atom. The number of ether oxygens (including phenoxy) is 1. The number of aliphatic hydroxyl groups excluding tert-OH is 1. The van der Waals surface area contributed by atoms with Gasteiger partial charge in [0.25, 0.3) is 0 Å². The number of rotatable bonds is 9. The smallest absolute Gasteiger partial charge is 0.211 e. The number of hydrogen-bond acceptors (Lipinski definition) is 7. The van der Waals surface area contributed by atoms with Crippen molar-refractivity contribution < 1.29 is 14.7 Å². The third-order valence-corrected chi connectivity index (χ3v) is 6.25. The van der Waals surface area contributed by atoms with Gasteiger partial charge in [-0.05, 0) is 67.5 Å². The molecule has 1 aliphatic heterocycles. The van der Waals surface area contributed by atoms with E-state index in [2.05, 4.69) is 45.3 Å². The number of hydrogen-bond donors (Lipinski definition) is 3. The maximum Gasteiger partial charge on any atom is 0.211 e. The van der Waals surface area contributed by atoms with Gasteiger partial charge in [-0.1, -0.05) is 20.8 Å². The lowest BCUT2D eigenvalue weighted by Crippen LogP contribution is -2.27. The summed E-state index contributed by atoms with van der Waals surface area (Å²) in [6, 6.07) is 6.32. The van der Waals surface area contributed by atoms with Crippen molar-refractivity contribution in [2.75, 3.05) is 13.2 Å². The van der Waals surface area contributed by atoms with Crippen molar-refractivity contribution in [3.63, 3.8) is 0 Å². The van der Waals surface area contributed by atoms with Gasteiger partial charge in [-0.3, -0.25) is 0 Å². The van der Waals surface area contributed by atoms with Crippen LogP contribution in [0.25, 0.3) is 0 Å². The summed E-state index contributed by atoms with van der Waals surface area (Å²) < 4.78 is 5.85. The predicted molar refractivity (Wildman–Crippen MR) is 122 cm³/mol. The SMILES string of the molecule is CCc1cc(C2=NC(c3cc(CC(C)C)c(C)s3)ON2)cc(C)c1OCC(O)CN. The molecule has 2 aromatic rings. The molecule has 0 bridgehead atoms. The number of nitrogens with two attached hydrogens (primary N) is 1. The van der Waals surface area contributed by atoms with Gasteiger partial charge in [0.1, 0.15) is 18.5 Å². The topological polar surface area (TPSA) is 89.1 Å². The highest BCUT2D eigenvalue weighted by Gasteiger charge is 2.24. The van der Waals surface area contributed by atoms with Crippen molar-refractivity contribution in [1.29, 1.82) is 0 Å². The van der Waals surface area contributed by atoms with Crippen molar-refractivity contribution in [3.05, 3.63) is 50.2 Å². The molecule has 0 fully saturated rings. The number of thiophene rings is 1. The number of hydroxylamine groups is 1. The van der Waals surface area contributed by atoms with Crippen LogP contribution in [0.3, 0.4) is 0 Å². The van der Waals surface area contributed by atoms with Gasteiger partial charge in [-0.2, -0.15) is 0 Å². The first-order chi connectivity index (χ1) is 14.3. The van der Waals surface area contributed by atoms with E-state index in [4.69, 9.17) is 20.3 Å². The van der Waals surface area contributed by atoms with E-state index in [0.717, 1.165) is 46.0 Å². The van der Waals surface area contributed by atoms with E-state index in [-0.39, 0.29) is 19.4 Å². The van der Waals surface area contributed by atoms with Crippen LogP contribution < -0.4 is 16.0 Å². The molecule has 30 heavy (non-hydrogen) atoms. The molecule has 0 amide bonds. The van der Waals surface area contributed by atoms with E-state index < -0.39 is 6.10 Å². The quantitative estimate of drug-likeness (QED) is 0.562. The number of amidine groups is 1. The molecule has 6 nitrogen and oxygen atoms in total. The molecule has 1 aromatic carbocycles. The Bertz CT molecular complexity index is 907. The normalized spacial score (nSPS) is 17.2. The lowest BCUT2D eigenvalue weighted by molar-refractivity contribution is 0.0398. The third-order valence-electron chi connectivity index (χ3n) is 5.12. The zero-order valence-electron chi connectivity index (χ0n) is 18.5. The Labute approximate surface area is 183 Å². The summed E-state index contributed by atoms with van der Waals surface area (Å²) in [5.74, 6) is 2.15. The molecular formula is C23H33N3O3S. The van der Waals surface area contributed by atoms with Crippen molar-refractivity contribution in [1.82, 2.24) is 5.48 Å². The van der Waals surface area contributed by atoms with Crippen molar-refractivity contribution in [2.45, 2.75) is 59.8 Å². The van der Waals surface area contributed by atoms with Gasteiger partial charge in [-0.25, -0.2) is 15.3 Å². The molecule has 4 N–H and O–H groups in total. The van der Waals surface area contributed by atoms with E-state index in [1.54, 1.807) is 11.3 Å². The van der Waals surface area contributed by atoms with Gasteiger partial charge in [-0.15, -0.1) is 11.3 Å². The molecule has 164 valence electrons. The van der Waals surface area contributed by atoms with Crippen LogP contribution in [-0.4, -0.2) is 30.2 Å². The summed E-state index contributed by atoms with van der Waals surface area (Å²) in [7, 11) is 0. The van der Waals surface area contributed by atoms with E-state index in [1.807, 2.05) is 13.0 Å². The van der Waals surface area contributed by atoms with Crippen LogP contribution in [0.15, 0.2) is 23.2 Å². The van der Waals surface area contributed by atoms with Crippen LogP contribution >= 0.6 is 11.3 Å². The first-order valence-corrected chi connectivity index (χ1v) is 11.4. The Hall–Kier alpha value is -1.93. The van der Waals surface area contributed by atoms with E-state index in [9.17, 15) is 5.11 Å². The Balaban J connectivity index is 1.82. The lowest BCUT2D eigenvalue weighted by Gasteiger charge is -2.17. The lowest BCUT2D eigenvalue weighted by atomic mass is 10.0. The van der Waals surface area contributed by atoms with Crippen LogP contribution in [-0.2, 0) is 17.7 Å². The number of nitrogens with one attached hydrogen (secondary N) is 1. The fourth-order valence-electron chi connectivity index (χ4n) is 3.55. The minimum absolute atomic E-state index is 0.180. The average Bonchev–Trinajstić information content (AvgIpc) is 3.33. The van der Waals surface area contributed by atoms with Crippen LogP contribution in [0.2, 0.25) is 0 Å². The van der Waals surface area contributed by atoms with Crippen molar-refractivity contribution in [3.8, 4) is 5.75 Å². The molecular weight excluding hydrogens is 398 g/mol. The van der Waals surface area contributed by atoms with Crippen LogP contribution in [0.1, 0.15) is 59.0 Å². The molecule has 7 heteroatoms. The van der Waals surface area contributed by atoms with Crippen LogP contribution in [0.5, 0.6) is 5.75 Å². The maximum absolute atomic E-state index is 9.71. The zero-order chi connectivity index (χ0) is 21.8. The molecule has 2 atom stereocenters. The number of aliphatic hydroxyl groups is 1. The van der Waals surface area contributed by atoms with Crippen LogP contribution in [0, 0.1) is 19.8 Å². The van der Waals surface area contributed by atoms with Gasteiger partial charge >= 0.3 is 0 Å². The Kier molecular flexibility index (Phi) is 7.52. The largest absolute Gasteiger partial charge is 0.490 e. The monoisotopic (exact) mass is 431 g/mol. The molecule has 2 unspecified atom stereocenters. The summed E-state index contributed by atoms with van der Waals surface area (Å²) in [5, 5.41) is 9.71. The Morgan fingerprint density at radius 1 is 1.27 bits per heavy atom. The second-order valence-electron chi connectivity index (χ2n) is 8.21. The van der Waals surface area contributed by atoms with Crippen molar-refractivity contribution in [2.24, 2.45) is 16.6 Å². The van der Waals surface area contributed by atoms with E-state index >= 15 is 0 Å². The third kappa shape index (κ3) is 5.21. The number of nitrogens with zero attached hydrogens (tertiary/aromatic N) is 1. The number of aliphatic imine (C=N–C) groups is 1. The molecule has 0 spiro atoms. The first-order valence-electron chi connectivity index (χ1n) is 10.6. The highest BCUT2D eigenvalue weighted by Crippen LogP contribution is 2.34. The predicted octanol–water partition coefficient (Wildman–Crippen LogP) is 3.80. The van der Waals surface area contributed by atoms with Gasteiger partial charge in [0.15, 0.2) is 5.84 Å². The molecule has 0 radical (unpaired) electrons. The van der Waals surface area contributed by atoms with Gasteiger partial charge < -0.3 is 15.6 Å². The average molecular weight is 432 g/mol. The minimum Gasteiger partial charge on any atom is -0.490 e. The number of aryl methyl sites for hydroxylation is 3. The van der Waals surface area contributed by atoms with Gasteiger partial charge in [0.05, 0.1) is 4.88 Å². The fourth-order valence-corrected chi connectivity index (χ4v) is 4.58. The molecule has 3 rings (SSSR count). The maximum atomic E-state index is 9.71. The molecule has 1 aliphatic rings. The van der Waals surface area contributed by atoms with Gasteiger partial charge in [0, 0.05) is 17.0 Å². The molecule has 1 aromatic heterocycles. The number of benzene rings is 1. The standard InChI is InChI=1S/C23H33N3O3S/c1-6-16-9-18(8-14(4)21(16)28-12-19(27)11-24)22-25-23(29-26-22)20-10-17(7-13(2)3)15(5)30-20/h8-10,13,19,23,27H,6-7,11-12,24H2,1-5H3,(H,25,26). The van der Waals surface area contributed by atoms with Crippen molar-refractivity contribution >= 4 is 17.2 Å². The van der Waals surface area contributed by atoms with E-state index in [0.29, 0.717) is 5.92 Å². The molecule has 0 saturated heterocycles. The minimum atomic E-state index is -0.668. The summed E-state index contributed by atoms with van der Waals surface area (Å²) in [6.45, 7) is 11.1. The highest BCUT2D eigenvalue weighted by molar-refractivity contribution is 7.12. The molecule has 0 aliphatic carbocycles. The Morgan fingerprint density at radius 2 is 2.03 bits per heavy atom. The second kappa shape index (κ2) is 9.92. The highest BCUT2D eigenvalue weighted by atomic mass is 32.1. The first kappa shape index (κ1) is 22.7. The molecule has 0 saturated carbocycles. The van der Waals surface area contributed by atoms with Crippen LogP contribution in [0.4, 0.5) is 0 Å². The molecule has 2 heterocycles. The summed E-state index contributed by atoms with van der Waals surface area (Å²) in [5.41, 5.74) is 12.9. The second-order valence-corrected chi connectivity index (χ2v) is 9.50. The van der Waals surface area contributed by atoms with E-state index in [1.165, 1.54) is 10.4 Å². The zero-order valence-corrected chi connectivity index (χ0v) is 19.3. The summed E-state index contributed by atoms with van der Waals surface area (Å²) in [4.78, 5) is 13.0.